The third-order valence-electron chi connectivity index (χ3n) is 2.97. The molecule has 2 aromatic carbocycles. The molecule has 0 heterocycles. The summed E-state index contributed by atoms with van der Waals surface area (Å²) in [5.74, 6) is -0.550. The van der Waals surface area contributed by atoms with Gasteiger partial charge in [0, 0.05) is 17.7 Å². The average molecular weight is 298 g/mol. The second kappa shape index (κ2) is 6.09. The molecular formula is C15H14ClF2NO. The number of ether oxygens (including phenoxy) is 1. The van der Waals surface area contributed by atoms with Gasteiger partial charge in [-0.2, -0.15) is 0 Å². The van der Waals surface area contributed by atoms with Crippen molar-refractivity contribution in [3.63, 3.8) is 0 Å². The maximum atomic E-state index is 13.7. The summed E-state index contributed by atoms with van der Waals surface area (Å²) in [4.78, 5) is 0. The molecular weight excluding hydrogens is 284 g/mol. The lowest BCUT2D eigenvalue weighted by atomic mass is 10.1. The molecule has 0 spiro atoms. The Labute approximate surface area is 121 Å². The van der Waals surface area contributed by atoms with Crippen molar-refractivity contribution in [3.8, 4) is 5.75 Å². The van der Waals surface area contributed by atoms with Crippen LogP contribution in [0.15, 0.2) is 36.4 Å². The van der Waals surface area contributed by atoms with Crippen LogP contribution in [0.25, 0.3) is 0 Å². The molecule has 0 amide bonds. The first-order valence-electron chi connectivity index (χ1n) is 6.06. The molecule has 0 aliphatic heterocycles. The molecule has 2 nitrogen and oxygen atoms in total. The SMILES string of the molecule is COc1ccc(Cl)c(NC(C)c2ccc(F)cc2F)c1. The van der Waals surface area contributed by atoms with Crippen molar-refractivity contribution >= 4 is 17.3 Å². The van der Waals surface area contributed by atoms with Gasteiger partial charge in [0.2, 0.25) is 0 Å². The van der Waals surface area contributed by atoms with Gasteiger partial charge in [0.15, 0.2) is 0 Å². The molecule has 2 rings (SSSR count). The Kier molecular flexibility index (Phi) is 4.45. The number of benzene rings is 2. The van der Waals surface area contributed by atoms with Gasteiger partial charge in [0.1, 0.15) is 17.4 Å². The maximum absolute atomic E-state index is 13.7. The summed E-state index contributed by atoms with van der Waals surface area (Å²) < 4.78 is 31.7. The molecule has 1 N–H and O–H groups in total. The molecule has 1 atom stereocenters. The number of rotatable bonds is 4. The Bertz CT molecular complexity index is 619. The summed E-state index contributed by atoms with van der Waals surface area (Å²) in [6.45, 7) is 1.77. The fourth-order valence-corrected chi connectivity index (χ4v) is 2.08. The van der Waals surface area contributed by atoms with Gasteiger partial charge >= 0.3 is 0 Å². The molecule has 0 radical (unpaired) electrons. The van der Waals surface area contributed by atoms with E-state index < -0.39 is 11.6 Å². The minimum Gasteiger partial charge on any atom is -0.497 e. The van der Waals surface area contributed by atoms with E-state index in [0.717, 1.165) is 6.07 Å². The lowest BCUT2D eigenvalue weighted by molar-refractivity contribution is 0.415. The smallest absolute Gasteiger partial charge is 0.131 e. The maximum Gasteiger partial charge on any atom is 0.131 e. The molecule has 1 unspecified atom stereocenters. The molecule has 0 aromatic heterocycles. The largest absolute Gasteiger partial charge is 0.497 e. The second-order valence-electron chi connectivity index (χ2n) is 4.38. The van der Waals surface area contributed by atoms with Crippen LogP contribution in [0.3, 0.4) is 0 Å². The number of hydrogen-bond donors (Lipinski definition) is 1. The van der Waals surface area contributed by atoms with Crippen LogP contribution in [0.4, 0.5) is 14.5 Å². The third-order valence-corrected chi connectivity index (χ3v) is 3.30. The number of nitrogens with one attached hydrogen (secondary N) is 1. The molecule has 2 aromatic rings. The summed E-state index contributed by atoms with van der Waals surface area (Å²) in [6.07, 6.45) is 0. The summed E-state index contributed by atoms with van der Waals surface area (Å²) in [5.41, 5.74) is 0.993. The van der Waals surface area contributed by atoms with Crippen LogP contribution in [0, 0.1) is 11.6 Å². The third kappa shape index (κ3) is 3.20. The standard InChI is InChI=1S/C15H14ClF2NO/c1-9(12-5-3-10(17)7-14(12)18)19-15-8-11(20-2)4-6-13(15)16/h3-9,19H,1-2H3. The lowest BCUT2D eigenvalue weighted by Gasteiger charge is -2.18. The highest BCUT2D eigenvalue weighted by Crippen LogP contribution is 2.30. The first-order valence-corrected chi connectivity index (χ1v) is 6.44. The molecule has 0 aliphatic rings. The van der Waals surface area contributed by atoms with E-state index in [1.807, 2.05) is 0 Å². The average Bonchev–Trinajstić information content (AvgIpc) is 2.41. The van der Waals surface area contributed by atoms with Crippen LogP contribution >= 0.6 is 11.6 Å². The van der Waals surface area contributed by atoms with Crippen molar-refractivity contribution in [3.05, 3.63) is 58.6 Å². The van der Waals surface area contributed by atoms with Crippen molar-refractivity contribution in [2.45, 2.75) is 13.0 Å². The fraction of sp³-hybridized carbons (Fsp3) is 0.200. The Morgan fingerprint density at radius 3 is 2.55 bits per heavy atom. The molecule has 0 saturated carbocycles. The van der Waals surface area contributed by atoms with Crippen LogP contribution in [-0.2, 0) is 0 Å². The Morgan fingerprint density at radius 1 is 1.15 bits per heavy atom. The molecule has 0 aliphatic carbocycles. The van der Waals surface area contributed by atoms with Gasteiger partial charge in [-0.3, -0.25) is 0 Å². The molecule has 20 heavy (non-hydrogen) atoms. The highest BCUT2D eigenvalue weighted by atomic mass is 35.5. The normalized spacial score (nSPS) is 12.1. The van der Waals surface area contributed by atoms with Crippen molar-refractivity contribution in [1.82, 2.24) is 0 Å². The summed E-state index contributed by atoms with van der Waals surface area (Å²) in [5, 5.41) is 3.59. The Hall–Kier alpha value is -1.81. The Balaban J connectivity index is 2.25. The number of hydrogen-bond acceptors (Lipinski definition) is 2. The lowest BCUT2D eigenvalue weighted by Crippen LogP contribution is -2.09. The van der Waals surface area contributed by atoms with Gasteiger partial charge in [0.05, 0.1) is 23.9 Å². The topological polar surface area (TPSA) is 21.3 Å². The summed E-state index contributed by atoms with van der Waals surface area (Å²) in [6, 6.07) is 8.29. The second-order valence-corrected chi connectivity index (χ2v) is 4.78. The van der Waals surface area contributed by atoms with Crippen LogP contribution in [0.2, 0.25) is 5.02 Å². The van der Waals surface area contributed by atoms with E-state index in [1.165, 1.54) is 12.1 Å². The zero-order valence-corrected chi connectivity index (χ0v) is 11.8. The molecule has 0 saturated heterocycles. The van der Waals surface area contributed by atoms with Gasteiger partial charge in [-0.15, -0.1) is 0 Å². The van der Waals surface area contributed by atoms with E-state index in [1.54, 1.807) is 32.2 Å². The summed E-state index contributed by atoms with van der Waals surface area (Å²) >= 11 is 6.08. The van der Waals surface area contributed by atoms with E-state index in [2.05, 4.69) is 5.32 Å². The number of anilines is 1. The van der Waals surface area contributed by atoms with Gasteiger partial charge in [0.25, 0.3) is 0 Å². The van der Waals surface area contributed by atoms with Gasteiger partial charge < -0.3 is 10.1 Å². The minimum absolute atomic E-state index is 0.361. The molecule has 0 fully saturated rings. The summed E-state index contributed by atoms with van der Waals surface area (Å²) in [7, 11) is 1.55. The molecule has 5 heteroatoms. The van der Waals surface area contributed by atoms with E-state index in [9.17, 15) is 8.78 Å². The van der Waals surface area contributed by atoms with E-state index in [4.69, 9.17) is 16.3 Å². The van der Waals surface area contributed by atoms with Gasteiger partial charge in [-0.25, -0.2) is 8.78 Å². The zero-order valence-electron chi connectivity index (χ0n) is 11.1. The predicted molar refractivity (Wildman–Crippen MR) is 76.4 cm³/mol. The minimum atomic E-state index is -0.599. The number of methoxy groups -OCH3 is 1. The van der Waals surface area contributed by atoms with Crippen molar-refractivity contribution in [2.75, 3.05) is 12.4 Å². The van der Waals surface area contributed by atoms with E-state index >= 15 is 0 Å². The zero-order chi connectivity index (χ0) is 14.7. The highest BCUT2D eigenvalue weighted by molar-refractivity contribution is 6.33. The van der Waals surface area contributed by atoms with E-state index in [-0.39, 0.29) is 6.04 Å². The first-order chi connectivity index (χ1) is 9.51. The van der Waals surface area contributed by atoms with Crippen LogP contribution < -0.4 is 10.1 Å². The van der Waals surface area contributed by atoms with Crippen LogP contribution in [0.1, 0.15) is 18.5 Å². The van der Waals surface area contributed by atoms with Crippen molar-refractivity contribution in [2.24, 2.45) is 0 Å². The Morgan fingerprint density at radius 2 is 1.90 bits per heavy atom. The van der Waals surface area contributed by atoms with Crippen LogP contribution in [-0.4, -0.2) is 7.11 Å². The monoisotopic (exact) mass is 297 g/mol. The quantitative estimate of drug-likeness (QED) is 0.875. The molecule has 0 bridgehead atoms. The van der Waals surface area contributed by atoms with Gasteiger partial charge in [-0.05, 0) is 25.1 Å². The number of halogens is 3. The van der Waals surface area contributed by atoms with Crippen LogP contribution in [0.5, 0.6) is 5.75 Å². The molecule has 106 valence electrons. The first kappa shape index (κ1) is 14.6. The van der Waals surface area contributed by atoms with Crippen molar-refractivity contribution in [1.29, 1.82) is 0 Å². The van der Waals surface area contributed by atoms with Crippen molar-refractivity contribution < 1.29 is 13.5 Å². The van der Waals surface area contributed by atoms with E-state index in [0.29, 0.717) is 22.0 Å². The fourth-order valence-electron chi connectivity index (χ4n) is 1.91. The van der Waals surface area contributed by atoms with Gasteiger partial charge in [-0.1, -0.05) is 17.7 Å². The predicted octanol–water partition coefficient (Wildman–Crippen LogP) is 4.80. The highest BCUT2D eigenvalue weighted by Gasteiger charge is 2.13.